The van der Waals surface area contributed by atoms with E-state index >= 15 is 0 Å². The number of likely N-dealkylation sites (N-methyl/N-ethyl adjacent to an activating group) is 1. The molecule has 0 saturated carbocycles. The smallest absolute Gasteiger partial charge is 0.206 e. The molecule has 1 fully saturated rings. The topological polar surface area (TPSA) is 49.4 Å². The summed E-state index contributed by atoms with van der Waals surface area (Å²) in [5, 5.41) is 3.45. The van der Waals surface area contributed by atoms with Gasteiger partial charge in [-0.25, -0.2) is 8.42 Å². The molecule has 4 nitrogen and oxygen atoms in total. The van der Waals surface area contributed by atoms with Crippen molar-refractivity contribution in [3.63, 3.8) is 0 Å². The van der Waals surface area contributed by atoms with E-state index in [-0.39, 0.29) is 0 Å². The summed E-state index contributed by atoms with van der Waals surface area (Å²) >= 11 is 0. The van der Waals surface area contributed by atoms with Crippen LogP contribution in [0.2, 0.25) is 0 Å². The molecule has 2 aliphatic rings. The monoisotopic (exact) mass is 342 g/mol. The van der Waals surface area contributed by atoms with Crippen LogP contribution in [0.1, 0.15) is 24.3 Å². The van der Waals surface area contributed by atoms with Gasteiger partial charge in [0, 0.05) is 24.7 Å². The molecule has 0 spiro atoms. The minimum atomic E-state index is -3.46. The van der Waals surface area contributed by atoms with E-state index in [0.717, 1.165) is 25.9 Å². The van der Waals surface area contributed by atoms with E-state index in [0.29, 0.717) is 21.8 Å². The van der Waals surface area contributed by atoms with Gasteiger partial charge < -0.3 is 10.2 Å². The van der Waals surface area contributed by atoms with Gasteiger partial charge in [-0.3, -0.25) is 0 Å². The molecule has 2 aromatic rings. The summed E-state index contributed by atoms with van der Waals surface area (Å²) in [5.41, 5.74) is 2.36. The first-order valence-corrected chi connectivity index (χ1v) is 9.95. The van der Waals surface area contributed by atoms with Crippen LogP contribution in [0.3, 0.4) is 0 Å². The highest BCUT2D eigenvalue weighted by Gasteiger charge is 2.37. The quantitative estimate of drug-likeness (QED) is 0.912. The third-order valence-corrected chi connectivity index (χ3v) is 7.12. The van der Waals surface area contributed by atoms with Crippen LogP contribution >= 0.6 is 0 Å². The second-order valence-electron chi connectivity index (χ2n) is 6.65. The normalized spacial score (nSPS) is 23.5. The maximum atomic E-state index is 12.9. The van der Waals surface area contributed by atoms with E-state index in [2.05, 4.69) is 17.3 Å². The van der Waals surface area contributed by atoms with Gasteiger partial charge in [-0.2, -0.15) is 0 Å². The summed E-state index contributed by atoms with van der Waals surface area (Å²) in [6, 6.07) is 14.8. The second kappa shape index (κ2) is 5.90. The summed E-state index contributed by atoms with van der Waals surface area (Å²) in [6.45, 7) is 2.01. The lowest BCUT2D eigenvalue weighted by atomic mass is 9.91. The van der Waals surface area contributed by atoms with E-state index in [1.54, 1.807) is 30.3 Å². The lowest BCUT2D eigenvalue weighted by Gasteiger charge is -2.24. The summed E-state index contributed by atoms with van der Waals surface area (Å²) in [4.78, 5) is 3.08. The number of nitrogens with zero attached hydrogens (tertiary/aromatic N) is 1. The zero-order chi connectivity index (χ0) is 16.7. The Morgan fingerprint density at radius 1 is 1.00 bits per heavy atom. The molecule has 0 aromatic heterocycles. The number of rotatable bonds is 2. The highest BCUT2D eigenvalue weighted by molar-refractivity contribution is 7.91. The van der Waals surface area contributed by atoms with Crippen molar-refractivity contribution in [2.75, 3.05) is 25.0 Å². The maximum Gasteiger partial charge on any atom is 0.206 e. The molecular formula is C19H22N2O2S. The number of benzene rings is 2. The summed E-state index contributed by atoms with van der Waals surface area (Å²) in [6.07, 6.45) is 2.15. The van der Waals surface area contributed by atoms with E-state index in [4.69, 9.17) is 0 Å². The molecule has 2 heterocycles. The van der Waals surface area contributed by atoms with Gasteiger partial charge in [0.1, 0.15) is 0 Å². The average molecular weight is 342 g/mol. The Bertz CT molecular complexity index is 849. The van der Waals surface area contributed by atoms with Crippen molar-refractivity contribution in [3.05, 3.63) is 54.1 Å². The molecule has 1 N–H and O–H groups in total. The van der Waals surface area contributed by atoms with Crippen molar-refractivity contribution in [2.24, 2.45) is 0 Å². The Kier molecular flexibility index (Phi) is 3.85. The SMILES string of the molecule is CN1c2ccc(S(=O)(=O)c3ccccc3)cc2[C@@H]2CCNCC[C@@H]21. The molecule has 0 bridgehead atoms. The zero-order valence-electron chi connectivity index (χ0n) is 13.8. The lowest BCUT2D eigenvalue weighted by molar-refractivity contribution is 0.531. The van der Waals surface area contributed by atoms with Crippen LogP contribution in [0.15, 0.2) is 58.3 Å². The first-order chi connectivity index (χ1) is 11.6. The van der Waals surface area contributed by atoms with Gasteiger partial charge in [-0.15, -0.1) is 0 Å². The van der Waals surface area contributed by atoms with Gasteiger partial charge in [0.2, 0.25) is 9.84 Å². The molecule has 0 aliphatic carbocycles. The number of hydrogen-bond acceptors (Lipinski definition) is 4. The van der Waals surface area contributed by atoms with Crippen LogP contribution < -0.4 is 10.2 Å². The largest absolute Gasteiger partial charge is 0.371 e. The highest BCUT2D eigenvalue weighted by Crippen LogP contribution is 2.44. The number of nitrogens with one attached hydrogen (secondary N) is 1. The van der Waals surface area contributed by atoms with Gasteiger partial charge in [0.15, 0.2) is 0 Å². The summed E-state index contributed by atoms with van der Waals surface area (Å²) < 4.78 is 25.8. The van der Waals surface area contributed by atoms with E-state index in [1.807, 2.05) is 18.2 Å². The van der Waals surface area contributed by atoms with Crippen LogP contribution in [0.4, 0.5) is 5.69 Å². The predicted molar refractivity (Wildman–Crippen MR) is 95.4 cm³/mol. The highest BCUT2D eigenvalue weighted by atomic mass is 32.2. The Morgan fingerprint density at radius 2 is 1.75 bits per heavy atom. The zero-order valence-corrected chi connectivity index (χ0v) is 14.6. The van der Waals surface area contributed by atoms with Gasteiger partial charge in [-0.1, -0.05) is 18.2 Å². The lowest BCUT2D eigenvalue weighted by Crippen LogP contribution is -2.30. The van der Waals surface area contributed by atoms with E-state index in [9.17, 15) is 8.42 Å². The number of sulfone groups is 1. The van der Waals surface area contributed by atoms with Crippen LogP contribution in [0, 0.1) is 0 Å². The van der Waals surface area contributed by atoms with Crippen molar-refractivity contribution in [1.82, 2.24) is 5.32 Å². The molecular weight excluding hydrogens is 320 g/mol. The summed E-state index contributed by atoms with van der Waals surface area (Å²) in [5.74, 6) is 0.408. The number of fused-ring (bicyclic) bond motifs is 3. The van der Waals surface area contributed by atoms with Crippen LogP contribution in [-0.4, -0.2) is 34.6 Å². The third-order valence-electron chi connectivity index (χ3n) is 5.35. The molecule has 5 heteroatoms. The van der Waals surface area contributed by atoms with E-state index in [1.165, 1.54) is 11.3 Å². The molecule has 2 aromatic carbocycles. The van der Waals surface area contributed by atoms with Crippen LogP contribution in [0.5, 0.6) is 0 Å². The minimum Gasteiger partial charge on any atom is -0.371 e. The number of anilines is 1. The molecule has 24 heavy (non-hydrogen) atoms. The van der Waals surface area contributed by atoms with Crippen molar-refractivity contribution in [3.8, 4) is 0 Å². The molecule has 0 amide bonds. The molecule has 126 valence electrons. The Balaban J connectivity index is 1.78. The Labute approximate surface area is 143 Å². The molecule has 2 aliphatic heterocycles. The minimum absolute atomic E-state index is 0.357. The predicted octanol–water partition coefficient (Wildman–Crippen LogP) is 2.80. The third kappa shape index (κ3) is 2.43. The molecule has 4 rings (SSSR count). The summed E-state index contributed by atoms with van der Waals surface area (Å²) in [7, 11) is -1.33. The van der Waals surface area contributed by atoms with Gasteiger partial charge in [0.25, 0.3) is 0 Å². The Hall–Kier alpha value is -1.85. The van der Waals surface area contributed by atoms with Crippen molar-refractivity contribution in [1.29, 1.82) is 0 Å². The molecule has 1 saturated heterocycles. The fourth-order valence-electron chi connectivity index (χ4n) is 4.08. The fraction of sp³-hybridized carbons (Fsp3) is 0.368. The van der Waals surface area contributed by atoms with Crippen molar-refractivity contribution in [2.45, 2.75) is 34.6 Å². The number of hydrogen-bond donors (Lipinski definition) is 1. The average Bonchev–Trinajstić information content (AvgIpc) is 2.78. The van der Waals surface area contributed by atoms with Crippen molar-refractivity contribution >= 4 is 15.5 Å². The maximum absolute atomic E-state index is 12.9. The van der Waals surface area contributed by atoms with Crippen LogP contribution in [-0.2, 0) is 9.84 Å². The molecule has 0 unspecified atom stereocenters. The standard InChI is InChI=1S/C19H22N2O2S/c1-21-18-8-7-15(24(22,23)14-5-3-2-4-6-14)13-17(18)16-9-11-20-12-10-19(16)21/h2-8,13,16,19-20H,9-12H2,1H3/t16-,19-/m0/s1. The van der Waals surface area contributed by atoms with Crippen molar-refractivity contribution < 1.29 is 8.42 Å². The first kappa shape index (κ1) is 15.7. The van der Waals surface area contributed by atoms with E-state index < -0.39 is 9.84 Å². The molecule has 2 atom stereocenters. The Morgan fingerprint density at radius 3 is 2.54 bits per heavy atom. The first-order valence-electron chi connectivity index (χ1n) is 8.46. The second-order valence-corrected chi connectivity index (χ2v) is 8.60. The van der Waals surface area contributed by atoms with Gasteiger partial charge in [0.05, 0.1) is 9.79 Å². The fourth-order valence-corrected chi connectivity index (χ4v) is 5.40. The molecule has 0 radical (unpaired) electrons. The van der Waals surface area contributed by atoms with Gasteiger partial charge in [-0.05, 0) is 61.8 Å². The van der Waals surface area contributed by atoms with Crippen LogP contribution in [0.25, 0.3) is 0 Å². The van der Waals surface area contributed by atoms with Gasteiger partial charge >= 0.3 is 0 Å².